The molecule has 1 aliphatic rings. The first kappa shape index (κ1) is 10.9. The van der Waals surface area contributed by atoms with Gasteiger partial charge in [0, 0.05) is 6.54 Å². The maximum Gasteiger partial charge on any atom is 0.127 e. The summed E-state index contributed by atoms with van der Waals surface area (Å²) in [4.78, 5) is 4.37. The lowest BCUT2D eigenvalue weighted by atomic mass is 10.0. The third-order valence-electron chi connectivity index (χ3n) is 3.10. The van der Waals surface area contributed by atoms with Crippen molar-refractivity contribution in [2.75, 3.05) is 11.9 Å². The number of rotatable bonds is 5. The third-order valence-corrected chi connectivity index (χ3v) is 3.54. The zero-order valence-corrected chi connectivity index (χ0v) is 10.7. The number of anilines is 1. The van der Waals surface area contributed by atoms with Crippen molar-refractivity contribution in [1.82, 2.24) is 4.98 Å². The van der Waals surface area contributed by atoms with E-state index >= 15 is 0 Å². The molecule has 1 aromatic rings. The number of hydrogen-bond donors (Lipinski definition) is 1. The molecule has 0 aliphatic heterocycles. The van der Waals surface area contributed by atoms with Gasteiger partial charge in [-0.15, -0.1) is 0 Å². The molecule has 1 N–H and O–H groups in total. The maximum atomic E-state index is 4.37. The molecule has 0 aromatic carbocycles. The van der Waals surface area contributed by atoms with E-state index < -0.39 is 0 Å². The number of nitrogens with one attached hydrogen (secondary N) is 1. The van der Waals surface area contributed by atoms with E-state index in [0.29, 0.717) is 5.41 Å². The SMILES string of the molecule is CCCC1(CNc2cccc(Br)n2)CC1. The smallest absolute Gasteiger partial charge is 0.127 e. The summed E-state index contributed by atoms with van der Waals surface area (Å²) in [5.41, 5.74) is 0.582. The Morgan fingerprint density at radius 1 is 1.47 bits per heavy atom. The number of pyridine rings is 1. The van der Waals surface area contributed by atoms with Gasteiger partial charge in [0.1, 0.15) is 10.4 Å². The molecule has 1 heterocycles. The summed E-state index contributed by atoms with van der Waals surface area (Å²) in [5.74, 6) is 0.978. The Morgan fingerprint density at radius 2 is 2.27 bits per heavy atom. The van der Waals surface area contributed by atoms with Crippen LogP contribution in [0.15, 0.2) is 22.8 Å². The highest BCUT2D eigenvalue weighted by molar-refractivity contribution is 9.10. The highest BCUT2D eigenvalue weighted by Crippen LogP contribution is 2.49. The molecule has 3 heteroatoms. The molecule has 15 heavy (non-hydrogen) atoms. The first-order chi connectivity index (χ1) is 7.24. The molecular formula is C12H17BrN2. The largest absolute Gasteiger partial charge is 0.369 e. The van der Waals surface area contributed by atoms with E-state index in [0.717, 1.165) is 17.0 Å². The third kappa shape index (κ3) is 2.94. The van der Waals surface area contributed by atoms with Gasteiger partial charge in [0.05, 0.1) is 0 Å². The first-order valence-electron chi connectivity index (χ1n) is 5.61. The number of halogens is 1. The van der Waals surface area contributed by atoms with Crippen molar-refractivity contribution < 1.29 is 0 Å². The minimum Gasteiger partial charge on any atom is -0.369 e. The Labute approximate surface area is 99.6 Å². The lowest BCUT2D eigenvalue weighted by molar-refractivity contribution is 0.485. The average Bonchev–Trinajstić information content (AvgIpc) is 2.97. The van der Waals surface area contributed by atoms with Crippen molar-refractivity contribution >= 4 is 21.7 Å². The summed E-state index contributed by atoms with van der Waals surface area (Å²) in [6, 6.07) is 5.98. The van der Waals surface area contributed by atoms with Crippen molar-refractivity contribution in [2.45, 2.75) is 32.6 Å². The Kier molecular flexibility index (Phi) is 3.29. The Hall–Kier alpha value is -0.570. The number of aromatic nitrogens is 1. The second kappa shape index (κ2) is 4.52. The lowest BCUT2D eigenvalue weighted by Gasteiger charge is -2.15. The van der Waals surface area contributed by atoms with Crippen LogP contribution in [0.1, 0.15) is 32.6 Å². The van der Waals surface area contributed by atoms with E-state index in [9.17, 15) is 0 Å². The molecule has 82 valence electrons. The van der Waals surface area contributed by atoms with Crippen molar-refractivity contribution in [3.05, 3.63) is 22.8 Å². The zero-order valence-electron chi connectivity index (χ0n) is 9.09. The van der Waals surface area contributed by atoms with Gasteiger partial charge in [-0.25, -0.2) is 4.98 Å². The van der Waals surface area contributed by atoms with E-state index in [1.165, 1.54) is 25.7 Å². The fraction of sp³-hybridized carbons (Fsp3) is 0.583. The molecule has 0 spiro atoms. The molecule has 2 rings (SSSR count). The van der Waals surface area contributed by atoms with Crippen LogP contribution in [0.25, 0.3) is 0 Å². The summed E-state index contributed by atoms with van der Waals surface area (Å²) in [6.07, 6.45) is 5.38. The predicted octanol–water partition coefficient (Wildman–Crippen LogP) is 3.84. The van der Waals surface area contributed by atoms with Crippen LogP contribution in [-0.4, -0.2) is 11.5 Å². The van der Waals surface area contributed by atoms with Crippen molar-refractivity contribution in [3.63, 3.8) is 0 Å². The maximum absolute atomic E-state index is 4.37. The van der Waals surface area contributed by atoms with E-state index in [1.807, 2.05) is 18.2 Å². The predicted molar refractivity (Wildman–Crippen MR) is 67.0 cm³/mol. The van der Waals surface area contributed by atoms with E-state index in [-0.39, 0.29) is 0 Å². The van der Waals surface area contributed by atoms with Gasteiger partial charge in [0.2, 0.25) is 0 Å². The van der Waals surface area contributed by atoms with Crippen LogP contribution < -0.4 is 5.32 Å². The van der Waals surface area contributed by atoms with Crippen LogP contribution in [0, 0.1) is 5.41 Å². The molecule has 0 radical (unpaired) electrons. The molecule has 1 saturated carbocycles. The standard InChI is InChI=1S/C12H17BrN2/c1-2-6-12(7-8-12)9-14-11-5-3-4-10(13)15-11/h3-5H,2,6-9H2,1H3,(H,14,15). The van der Waals surface area contributed by atoms with Gasteiger partial charge >= 0.3 is 0 Å². The second-order valence-electron chi connectivity index (χ2n) is 4.45. The monoisotopic (exact) mass is 268 g/mol. The molecule has 0 atom stereocenters. The van der Waals surface area contributed by atoms with Crippen LogP contribution in [0.2, 0.25) is 0 Å². The van der Waals surface area contributed by atoms with E-state index in [2.05, 4.69) is 33.2 Å². The molecule has 0 bridgehead atoms. The topological polar surface area (TPSA) is 24.9 Å². The summed E-state index contributed by atoms with van der Waals surface area (Å²) >= 11 is 3.38. The van der Waals surface area contributed by atoms with Gasteiger partial charge in [0.15, 0.2) is 0 Å². The highest BCUT2D eigenvalue weighted by Gasteiger charge is 2.41. The molecule has 0 amide bonds. The fourth-order valence-electron chi connectivity index (χ4n) is 2.01. The summed E-state index contributed by atoms with van der Waals surface area (Å²) < 4.78 is 0.896. The molecule has 0 saturated heterocycles. The molecular weight excluding hydrogens is 252 g/mol. The summed E-state index contributed by atoms with van der Waals surface area (Å²) in [7, 11) is 0. The molecule has 1 fully saturated rings. The van der Waals surface area contributed by atoms with Gasteiger partial charge in [0.25, 0.3) is 0 Å². The first-order valence-corrected chi connectivity index (χ1v) is 6.40. The number of nitrogens with zero attached hydrogens (tertiary/aromatic N) is 1. The molecule has 0 unspecified atom stereocenters. The summed E-state index contributed by atoms with van der Waals surface area (Å²) in [5, 5.41) is 3.43. The van der Waals surface area contributed by atoms with Crippen molar-refractivity contribution in [3.8, 4) is 0 Å². The van der Waals surface area contributed by atoms with Crippen molar-refractivity contribution in [1.29, 1.82) is 0 Å². The lowest BCUT2D eigenvalue weighted by Crippen LogP contribution is -2.15. The molecule has 1 aromatic heterocycles. The van der Waals surface area contributed by atoms with Gasteiger partial charge < -0.3 is 5.32 Å². The van der Waals surface area contributed by atoms with Crippen molar-refractivity contribution in [2.24, 2.45) is 5.41 Å². The average molecular weight is 269 g/mol. The summed E-state index contributed by atoms with van der Waals surface area (Å²) in [6.45, 7) is 3.34. The van der Waals surface area contributed by atoms with Gasteiger partial charge in [-0.2, -0.15) is 0 Å². The Bertz CT molecular complexity index is 334. The van der Waals surface area contributed by atoms with Gasteiger partial charge in [-0.1, -0.05) is 19.4 Å². The van der Waals surface area contributed by atoms with Gasteiger partial charge in [-0.3, -0.25) is 0 Å². The van der Waals surface area contributed by atoms with E-state index in [1.54, 1.807) is 0 Å². The Morgan fingerprint density at radius 3 is 2.87 bits per heavy atom. The molecule has 1 aliphatic carbocycles. The van der Waals surface area contributed by atoms with Crippen LogP contribution in [0.5, 0.6) is 0 Å². The number of hydrogen-bond acceptors (Lipinski definition) is 2. The quantitative estimate of drug-likeness (QED) is 0.821. The minimum atomic E-state index is 0.582. The van der Waals surface area contributed by atoms with Crippen LogP contribution >= 0.6 is 15.9 Å². The second-order valence-corrected chi connectivity index (χ2v) is 5.26. The normalized spacial score (nSPS) is 17.5. The van der Waals surface area contributed by atoms with Gasteiger partial charge in [-0.05, 0) is 52.7 Å². The van der Waals surface area contributed by atoms with Crippen LogP contribution in [0.4, 0.5) is 5.82 Å². The van der Waals surface area contributed by atoms with Crippen LogP contribution in [-0.2, 0) is 0 Å². The highest BCUT2D eigenvalue weighted by atomic mass is 79.9. The fourth-order valence-corrected chi connectivity index (χ4v) is 2.35. The molecule has 2 nitrogen and oxygen atoms in total. The Balaban J connectivity index is 1.88. The zero-order chi connectivity index (χ0) is 10.7. The van der Waals surface area contributed by atoms with Crippen LogP contribution in [0.3, 0.4) is 0 Å². The minimum absolute atomic E-state index is 0.582. The van der Waals surface area contributed by atoms with E-state index in [4.69, 9.17) is 0 Å².